The van der Waals surface area contributed by atoms with Crippen molar-refractivity contribution in [3.8, 4) is 5.75 Å². The zero-order valence-corrected chi connectivity index (χ0v) is 10.0. The molecule has 2 nitrogen and oxygen atoms in total. The number of anilines is 1. The van der Waals surface area contributed by atoms with Crippen LogP contribution in [0.2, 0.25) is 0 Å². The molecule has 0 aliphatic carbocycles. The van der Waals surface area contributed by atoms with E-state index in [1.807, 2.05) is 6.07 Å². The summed E-state index contributed by atoms with van der Waals surface area (Å²) >= 11 is 4.17. The summed E-state index contributed by atoms with van der Waals surface area (Å²) in [5.74, 6) is 1.60. The molecule has 0 heterocycles. The highest BCUT2D eigenvalue weighted by molar-refractivity contribution is 7.80. The molecule has 1 aromatic carbocycles. The maximum absolute atomic E-state index is 5.29. The lowest BCUT2D eigenvalue weighted by Gasteiger charge is -2.16. The fraction of sp³-hybridized carbons (Fsp3) is 0.455. The molecule has 0 fully saturated rings. The number of ether oxygens (including phenoxy) is 1. The molecule has 0 saturated heterocycles. The van der Waals surface area contributed by atoms with Crippen molar-refractivity contribution in [2.75, 3.05) is 18.3 Å². The Morgan fingerprint density at radius 2 is 1.93 bits per heavy atom. The first-order valence-corrected chi connectivity index (χ1v) is 5.24. The second-order valence-corrected chi connectivity index (χ2v) is 3.67. The molecular formula is C11H17NOS. The zero-order valence-electron chi connectivity index (χ0n) is 9.14. The smallest absolute Gasteiger partial charge is 0.122 e. The molecular weight excluding hydrogens is 194 g/mol. The van der Waals surface area contributed by atoms with Gasteiger partial charge in [0.05, 0.1) is 13.0 Å². The number of aryl methyl sites for hydroxylation is 1. The second kappa shape index (κ2) is 4.60. The molecule has 0 aliphatic rings. The molecule has 0 amide bonds. The van der Waals surface area contributed by atoms with Crippen LogP contribution >= 0.6 is 12.6 Å². The Bertz CT molecular complexity index is 337. The molecule has 0 bridgehead atoms. The lowest BCUT2D eigenvalue weighted by Crippen LogP contribution is -2.02. The van der Waals surface area contributed by atoms with Gasteiger partial charge in [-0.3, -0.25) is 0 Å². The standard InChI is InChI=1S/C11H17NOS/c1-7-5-10(13-4)8(2)9(3)11(7)12-6-14/h5,12,14H,6H2,1-4H3. The van der Waals surface area contributed by atoms with Crippen LogP contribution in [-0.2, 0) is 0 Å². The summed E-state index contributed by atoms with van der Waals surface area (Å²) < 4.78 is 5.29. The molecule has 1 N–H and O–H groups in total. The van der Waals surface area contributed by atoms with Gasteiger partial charge in [0.15, 0.2) is 0 Å². The van der Waals surface area contributed by atoms with E-state index < -0.39 is 0 Å². The first-order chi connectivity index (χ1) is 6.61. The third-order valence-electron chi connectivity index (χ3n) is 2.52. The van der Waals surface area contributed by atoms with Gasteiger partial charge < -0.3 is 10.1 Å². The molecule has 14 heavy (non-hydrogen) atoms. The minimum absolute atomic E-state index is 0.646. The van der Waals surface area contributed by atoms with E-state index in [4.69, 9.17) is 4.74 Å². The number of rotatable bonds is 3. The van der Waals surface area contributed by atoms with Gasteiger partial charge in [-0.25, -0.2) is 0 Å². The van der Waals surface area contributed by atoms with Crippen LogP contribution < -0.4 is 10.1 Å². The van der Waals surface area contributed by atoms with Crippen molar-refractivity contribution >= 4 is 18.3 Å². The van der Waals surface area contributed by atoms with E-state index in [0.29, 0.717) is 5.88 Å². The van der Waals surface area contributed by atoms with Gasteiger partial charge in [-0.1, -0.05) is 0 Å². The highest BCUT2D eigenvalue weighted by Gasteiger charge is 2.09. The van der Waals surface area contributed by atoms with E-state index in [0.717, 1.165) is 5.75 Å². The van der Waals surface area contributed by atoms with Crippen LogP contribution in [0, 0.1) is 20.8 Å². The highest BCUT2D eigenvalue weighted by atomic mass is 32.1. The molecule has 0 spiro atoms. The lowest BCUT2D eigenvalue weighted by molar-refractivity contribution is 0.411. The van der Waals surface area contributed by atoms with Gasteiger partial charge in [0, 0.05) is 5.69 Å². The molecule has 1 aromatic rings. The number of hydrogen-bond acceptors (Lipinski definition) is 3. The average molecular weight is 211 g/mol. The van der Waals surface area contributed by atoms with Crippen LogP contribution in [0.5, 0.6) is 5.75 Å². The van der Waals surface area contributed by atoms with Gasteiger partial charge in [-0.05, 0) is 43.5 Å². The quantitative estimate of drug-likeness (QED) is 0.592. The summed E-state index contributed by atoms with van der Waals surface area (Å²) in [4.78, 5) is 0. The lowest BCUT2D eigenvalue weighted by atomic mass is 10.0. The molecule has 0 atom stereocenters. The van der Waals surface area contributed by atoms with Crippen molar-refractivity contribution in [1.82, 2.24) is 0 Å². The summed E-state index contributed by atoms with van der Waals surface area (Å²) in [5.41, 5.74) is 4.77. The molecule has 0 radical (unpaired) electrons. The first-order valence-electron chi connectivity index (χ1n) is 4.61. The Hall–Kier alpha value is -0.830. The number of benzene rings is 1. The van der Waals surface area contributed by atoms with E-state index in [2.05, 4.69) is 38.7 Å². The monoisotopic (exact) mass is 211 g/mol. The van der Waals surface area contributed by atoms with Crippen molar-refractivity contribution in [3.63, 3.8) is 0 Å². The fourth-order valence-corrected chi connectivity index (χ4v) is 1.77. The number of hydrogen-bond donors (Lipinski definition) is 2. The van der Waals surface area contributed by atoms with Crippen molar-refractivity contribution in [2.24, 2.45) is 0 Å². The first kappa shape index (κ1) is 11.2. The molecule has 3 heteroatoms. The van der Waals surface area contributed by atoms with Gasteiger partial charge in [0.25, 0.3) is 0 Å². The van der Waals surface area contributed by atoms with Gasteiger partial charge in [0.2, 0.25) is 0 Å². The molecule has 0 saturated carbocycles. The summed E-state index contributed by atoms with van der Waals surface area (Å²) in [6, 6.07) is 2.05. The van der Waals surface area contributed by atoms with Gasteiger partial charge >= 0.3 is 0 Å². The Morgan fingerprint density at radius 3 is 2.43 bits per heavy atom. The molecule has 1 rings (SSSR count). The maximum Gasteiger partial charge on any atom is 0.122 e. The van der Waals surface area contributed by atoms with E-state index in [9.17, 15) is 0 Å². The Balaban J connectivity index is 3.26. The van der Waals surface area contributed by atoms with Gasteiger partial charge in [-0.15, -0.1) is 0 Å². The van der Waals surface area contributed by atoms with E-state index in [1.165, 1.54) is 22.4 Å². The Labute approximate surface area is 91.1 Å². The topological polar surface area (TPSA) is 21.3 Å². The average Bonchev–Trinajstić information content (AvgIpc) is 2.18. The number of methoxy groups -OCH3 is 1. The van der Waals surface area contributed by atoms with Crippen molar-refractivity contribution in [3.05, 3.63) is 22.8 Å². The van der Waals surface area contributed by atoms with Crippen molar-refractivity contribution < 1.29 is 4.74 Å². The van der Waals surface area contributed by atoms with Crippen molar-refractivity contribution in [2.45, 2.75) is 20.8 Å². The summed E-state index contributed by atoms with van der Waals surface area (Å²) in [5, 5.41) is 3.24. The molecule has 0 unspecified atom stereocenters. The largest absolute Gasteiger partial charge is 0.496 e. The van der Waals surface area contributed by atoms with Crippen LogP contribution in [0.25, 0.3) is 0 Å². The predicted molar refractivity (Wildman–Crippen MR) is 64.7 cm³/mol. The second-order valence-electron chi connectivity index (χ2n) is 3.36. The summed E-state index contributed by atoms with van der Waals surface area (Å²) in [6.07, 6.45) is 0. The molecule has 0 aliphatic heterocycles. The van der Waals surface area contributed by atoms with E-state index in [1.54, 1.807) is 7.11 Å². The third kappa shape index (κ3) is 1.98. The van der Waals surface area contributed by atoms with Crippen LogP contribution in [0.1, 0.15) is 16.7 Å². The maximum atomic E-state index is 5.29. The minimum atomic E-state index is 0.646. The van der Waals surface area contributed by atoms with Crippen molar-refractivity contribution in [1.29, 1.82) is 0 Å². The van der Waals surface area contributed by atoms with Gasteiger partial charge in [-0.2, -0.15) is 12.6 Å². The third-order valence-corrected chi connectivity index (χ3v) is 2.68. The summed E-state index contributed by atoms with van der Waals surface area (Å²) in [6.45, 7) is 6.23. The van der Waals surface area contributed by atoms with Crippen LogP contribution in [0.4, 0.5) is 5.69 Å². The Kier molecular flexibility index (Phi) is 3.69. The number of thiol groups is 1. The molecule has 0 aromatic heterocycles. The normalized spacial score (nSPS) is 10.1. The fourth-order valence-electron chi connectivity index (χ4n) is 1.61. The van der Waals surface area contributed by atoms with Crippen LogP contribution in [0.3, 0.4) is 0 Å². The zero-order chi connectivity index (χ0) is 10.7. The van der Waals surface area contributed by atoms with E-state index in [-0.39, 0.29) is 0 Å². The highest BCUT2D eigenvalue weighted by Crippen LogP contribution is 2.30. The summed E-state index contributed by atoms with van der Waals surface area (Å²) in [7, 11) is 1.70. The van der Waals surface area contributed by atoms with Gasteiger partial charge in [0.1, 0.15) is 5.75 Å². The predicted octanol–water partition coefficient (Wildman–Crippen LogP) is 2.92. The van der Waals surface area contributed by atoms with E-state index >= 15 is 0 Å². The Morgan fingerprint density at radius 1 is 1.29 bits per heavy atom. The minimum Gasteiger partial charge on any atom is -0.496 e. The van der Waals surface area contributed by atoms with Crippen LogP contribution in [0.15, 0.2) is 6.07 Å². The number of nitrogens with one attached hydrogen (secondary N) is 1. The SMILES string of the molecule is COc1cc(C)c(NCS)c(C)c1C. The van der Waals surface area contributed by atoms with Crippen LogP contribution in [-0.4, -0.2) is 13.0 Å². The molecule has 78 valence electrons.